The molecular weight excluding hydrogens is 310 g/mol. The van der Waals surface area contributed by atoms with Crippen LogP contribution < -0.4 is 0 Å². The zero-order valence-corrected chi connectivity index (χ0v) is 9.50. The molecule has 62 valence electrons. The molecule has 1 aromatic carbocycles. The third-order valence-electron chi connectivity index (χ3n) is 1.55. The summed E-state index contributed by atoms with van der Waals surface area (Å²) in [4.78, 5) is 0. The van der Waals surface area contributed by atoms with Crippen molar-refractivity contribution in [1.29, 1.82) is 0 Å². The minimum atomic E-state index is -0.298. The fourth-order valence-corrected chi connectivity index (χ4v) is 2.63. The third-order valence-corrected chi connectivity index (χ3v) is 3.66. The van der Waals surface area contributed by atoms with E-state index in [0.717, 1.165) is 25.0 Å². The second-order valence-electron chi connectivity index (χ2n) is 2.33. The molecule has 1 heterocycles. The summed E-state index contributed by atoms with van der Waals surface area (Å²) in [6.45, 7) is 0. The van der Waals surface area contributed by atoms with Gasteiger partial charge >= 0.3 is 0 Å². The number of halogens is 3. The van der Waals surface area contributed by atoms with Gasteiger partial charge in [0.15, 0.2) is 5.13 Å². The minimum absolute atomic E-state index is 0.244. The Labute approximate surface area is 91.5 Å². The summed E-state index contributed by atoms with van der Waals surface area (Å²) in [5.74, 6) is 0. The van der Waals surface area contributed by atoms with E-state index in [9.17, 15) is 4.39 Å². The van der Waals surface area contributed by atoms with Crippen LogP contribution in [0.2, 0.25) is 5.02 Å². The predicted octanol–water partition coefficient (Wildman–Crippen LogP) is 4.30. The van der Waals surface area contributed by atoms with E-state index in [-0.39, 0.29) is 10.2 Å². The fraction of sp³-hybridized carbons (Fsp3) is 0. The molecule has 0 saturated carbocycles. The van der Waals surface area contributed by atoms with Crippen molar-refractivity contribution in [2.75, 3.05) is 0 Å². The number of benzene rings is 1. The quantitative estimate of drug-likeness (QED) is 0.636. The van der Waals surface area contributed by atoms with Gasteiger partial charge in [0.2, 0.25) is 0 Å². The average molecular weight is 313 g/mol. The lowest BCUT2D eigenvalue weighted by Crippen LogP contribution is -1.68. The van der Waals surface area contributed by atoms with Gasteiger partial charge in [-0.15, -0.1) is 11.3 Å². The fourth-order valence-electron chi connectivity index (χ4n) is 1.01. The Morgan fingerprint density at radius 1 is 1.42 bits per heavy atom. The molecule has 1 aromatic heterocycles. The predicted molar refractivity (Wildman–Crippen MR) is 59.5 cm³/mol. The van der Waals surface area contributed by atoms with Gasteiger partial charge in [-0.25, -0.2) is 0 Å². The molecule has 0 unspecified atom stereocenters. The maximum Gasteiger partial charge on any atom is 0.196 e. The van der Waals surface area contributed by atoms with E-state index in [4.69, 9.17) is 11.6 Å². The summed E-state index contributed by atoms with van der Waals surface area (Å²) < 4.78 is 14.9. The first-order chi connectivity index (χ1) is 5.68. The molecule has 0 amide bonds. The van der Waals surface area contributed by atoms with E-state index < -0.39 is 0 Å². The highest BCUT2D eigenvalue weighted by Crippen LogP contribution is 2.34. The normalized spacial score (nSPS) is 10.9. The molecule has 0 radical (unpaired) electrons. The first-order valence-corrected chi connectivity index (χ1v) is 5.49. The highest BCUT2D eigenvalue weighted by molar-refractivity contribution is 14.1. The van der Waals surface area contributed by atoms with Gasteiger partial charge in [-0.3, -0.25) is 0 Å². The Balaban J connectivity index is 2.88. The van der Waals surface area contributed by atoms with E-state index in [0.29, 0.717) is 0 Å². The van der Waals surface area contributed by atoms with Gasteiger partial charge in [-0.2, -0.15) is 4.39 Å². The maximum absolute atomic E-state index is 12.9. The molecule has 0 fully saturated rings. The van der Waals surface area contributed by atoms with E-state index >= 15 is 0 Å². The molecule has 2 aromatic rings. The molecule has 0 atom stereocenters. The topological polar surface area (TPSA) is 0 Å². The summed E-state index contributed by atoms with van der Waals surface area (Å²) in [5.41, 5.74) is 0. The van der Waals surface area contributed by atoms with Crippen molar-refractivity contribution < 1.29 is 4.39 Å². The second kappa shape index (κ2) is 3.12. The van der Waals surface area contributed by atoms with Crippen LogP contribution in [0.1, 0.15) is 0 Å². The maximum atomic E-state index is 12.9. The summed E-state index contributed by atoms with van der Waals surface area (Å²) in [7, 11) is 0. The first-order valence-electron chi connectivity index (χ1n) is 3.21. The molecule has 4 heteroatoms. The molecule has 0 aliphatic carbocycles. The van der Waals surface area contributed by atoms with Gasteiger partial charge in [0.25, 0.3) is 0 Å². The first kappa shape index (κ1) is 8.72. The zero-order chi connectivity index (χ0) is 8.72. The summed E-state index contributed by atoms with van der Waals surface area (Å²) in [6, 6.07) is 5.71. The Morgan fingerprint density at radius 2 is 2.17 bits per heavy atom. The monoisotopic (exact) mass is 312 g/mol. The molecule has 0 N–H and O–H groups in total. The lowest BCUT2D eigenvalue weighted by atomic mass is 10.3. The lowest BCUT2D eigenvalue weighted by Gasteiger charge is -1.90. The van der Waals surface area contributed by atoms with Gasteiger partial charge in [0.05, 0.1) is 5.02 Å². The molecule has 12 heavy (non-hydrogen) atoms. The molecule has 0 aliphatic rings. The van der Waals surface area contributed by atoms with Crippen LogP contribution in [0.3, 0.4) is 0 Å². The van der Waals surface area contributed by atoms with Crippen LogP contribution in [0.15, 0.2) is 18.2 Å². The van der Waals surface area contributed by atoms with Crippen molar-refractivity contribution in [1.82, 2.24) is 0 Å². The summed E-state index contributed by atoms with van der Waals surface area (Å²) in [6.07, 6.45) is 0. The van der Waals surface area contributed by atoms with E-state index in [1.165, 1.54) is 0 Å². The van der Waals surface area contributed by atoms with Gasteiger partial charge in [-0.05, 0) is 40.8 Å². The van der Waals surface area contributed by atoms with E-state index in [1.54, 1.807) is 0 Å². The van der Waals surface area contributed by atoms with Crippen LogP contribution in [0.5, 0.6) is 0 Å². The van der Waals surface area contributed by atoms with Crippen LogP contribution in [-0.2, 0) is 0 Å². The van der Waals surface area contributed by atoms with Crippen LogP contribution in [0, 0.1) is 8.70 Å². The highest BCUT2D eigenvalue weighted by Gasteiger charge is 2.09. The molecule has 0 bridgehead atoms. The number of hydrogen-bond acceptors (Lipinski definition) is 1. The molecular formula is C8H3ClFIS. The van der Waals surface area contributed by atoms with Crippen LogP contribution >= 0.6 is 45.5 Å². The molecule has 0 nitrogen and oxygen atoms in total. The van der Waals surface area contributed by atoms with Gasteiger partial charge in [0, 0.05) is 13.7 Å². The standard InChI is InChI=1S/C8H3ClFIS/c9-7-5-3-4(11)1-2-6(5)12-8(7)10/h1-3H. The van der Waals surface area contributed by atoms with E-state index in [2.05, 4.69) is 22.6 Å². The number of thiophene rings is 1. The SMILES string of the molecule is Fc1sc2ccc(I)cc2c1Cl. The molecule has 2 rings (SSSR count). The largest absolute Gasteiger partial charge is 0.196 e. The van der Waals surface area contributed by atoms with Gasteiger partial charge in [-0.1, -0.05) is 11.6 Å². The minimum Gasteiger partial charge on any atom is -0.193 e. The zero-order valence-electron chi connectivity index (χ0n) is 5.77. The van der Waals surface area contributed by atoms with Crippen molar-refractivity contribution >= 4 is 55.6 Å². The van der Waals surface area contributed by atoms with Crippen LogP contribution in [0.4, 0.5) is 4.39 Å². The lowest BCUT2D eigenvalue weighted by molar-refractivity contribution is 0.658. The van der Waals surface area contributed by atoms with Gasteiger partial charge in [0.1, 0.15) is 0 Å². The third kappa shape index (κ3) is 1.34. The summed E-state index contributed by atoms with van der Waals surface area (Å²) >= 11 is 9.01. The number of hydrogen-bond donors (Lipinski definition) is 0. The van der Waals surface area contributed by atoms with Crippen LogP contribution in [-0.4, -0.2) is 0 Å². The Bertz CT molecular complexity index is 438. The molecule has 0 saturated heterocycles. The summed E-state index contributed by atoms with van der Waals surface area (Å²) in [5, 5.41) is 0.758. The van der Waals surface area contributed by atoms with E-state index in [1.807, 2.05) is 18.2 Å². The highest BCUT2D eigenvalue weighted by atomic mass is 127. The molecule has 0 aliphatic heterocycles. The average Bonchev–Trinajstić information content (AvgIpc) is 2.31. The Morgan fingerprint density at radius 3 is 2.92 bits per heavy atom. The molecule has 0 spiro atoms. The van der Waals surface area contributed by atoms with Crippen molar-refractivity contribution in [3.05, 3.63) is 31.9 Å². The number of fused-ring (bicyclic) bond motifs is 1. The Kier molecular flexibility index (Phi) is 2.27. The van der Waals surface area contributed by atoms with Crippen molar-refractivity contribution in [3.63, 3.8) is 0 Å². The van der Waals surface area contributed by atoms with Crippen molar-refractivity contribution in [2.24, 2.45) is 0 Å². The second-order valence-corrected chi connectivity index (χ2v) is 4.96. The van der Waals surface area contributed by atoms with Crippen molar-refractivity contribution in [3.8, 4) is 0 Å². The smallest absolute Gasteiger partial charge is 0.193 e. The number of rotatable bonds is 0. The Hall–Kier alpha value is 0.130. The van der Waals surface area contributed by atoms with Gasteiger partial charge < -0.3 is 0 Å². The van der Waals surface area contributed by atoms with Crippen LogP contribution in [0.25, 0.3) is 10.1 Å². The van der Waals surface area contributed by atoms with Crippen molar-refractivity contribution in [2.45, 2.75) is 0 Å².